The predicted molar refractivity (Wildman–Crippen MR) is 94.9 cm³/mol. The fraction of sp³-hybridized carbons (Fsp3) is 0.0526. The van der Waals surface area contributed by atoms with Crippen LogP contribution in [0.3, 0.4) is 0 Å². The molecular formula is C19H17N3O2. The molecule has 0 aliphatic heterocycles. The Morgan fingerprint density at radius 1 is 0.958 bits per heavy atom. The number of ether oxygens (including phenoxy) is 1. The van der Waals surface area contributed by atoms with E-state index in [1.165, 1.54) is 0 Å². The molecule has 0 spiro atoms. The standard InChI is InChI=1S/C19H17N3O2/c1-24-17-10-8-15(9-11-17)21-16-6-4-5-14(13-16)19(23)22-18-7-2-3-12-20-18/h2-13,21H,1H3,(H,20,22,23). The van der Waals surface area contributed by atoms with Crippen LogP contribution in [0.4, 0.5) is 17.2 Å². The molecule has 24 heavy (non-hydrogen) atoms. The number of anilines is 3. The van der Waals surface area contributed by atoms with E-state index in [0.717, 1.165) is 17.1 Å². The van der Waals surface area contributed by atoms with Gasteiger partial charge in [0.2, 0.25) is 0 Å². The second-order valence-electron chi connectivity index (χ2n) is 5.10. The number of nitrogens with zero attached hydrogens (tertiary/aromatic N) is 1. The van der Waals surface area contributed by atoms with Crippen molar-refractivity contribution in [3.05, 3.63) is 78.5 Å². The summed E-state index contributed by atoms with van der Waals surface area (Å²) in [6, 6.07) is 20.2. The Bertz CT molecular complexity index is 818. The second kappa shape index (κ2) is 7.28. The lowest BCUT2D eigenvalue weighted by molar-refractivity contribution is 0.102. The van der Waals surface area contributed by atoms with Gasteiger partial charge in [0.25, 0.3) is 5.91 Å². The molecule has 5 nitrogen and oxygen atoms in total. The van der Waals surface area contributed by atoms with Gasteiger partial charge >= 0.3 is 0 Å². The molecule has 5 heteroatoms. The van der Waals surface area contributed by atoms with E-state index >= 15 is 0 Å². The predicted octanol–water partition coefficient (Wildman–Crippen LogP) is 4.09. The molecule has 0 atom stereocenters. The highest BCUT2D eigenvalue weighted by atomic mass is 16.5. The number of nitrogens with one attached hydrogen (secondary N) is 2. The first-order chi connectivity index (χ1) is 11.7. The van der Waals surface area contributed by atoms with E-state index in [9.17, 15) is 4.79 Å². The summed E-state index contributed by atoms with van der Waals surface area (Å²) in [6.07, 6.45) is 1.64. The maximum atomic E-state index is 12.3. The molecule has 0 saturated heterocycles. The van der Waals surface area contributed by atoms with Gasteiger partial charge in [-0.15, -0.1) is 0 Å². The number of methoxy groups -OCH3 is 1. The highest BCUT2D eigenvalue weighted by molar-refractivity contribution is 6.04. The quantitative estimate of drug-likeness (QED) is 0.743. The third-order valence-electron chi connectivity index (χ3n) is 3.41. The number of carbonyl (C=O) groups excluding carboxylic acids is 1. The Kier molecular flexibility index (Phi) is 4.72. The van der Waals surface area contributed by atoms with Crippen molar-refractivity contribution in [3.8, 4) is 5.75 Å². The summed E-state index contributed by atoms with van der Waals surface area (Å²) in [6.45, 7) is 0. The molecule has 0 bridgehead atoms. The van der Waals surface area contributed by atoms with E-state index in [2.05, 4.69) is 15.6 Å². The molecule has 0 fully saturated rings. The van der Waals surface area contributed by atoms with Crippen molar-refractivity contribution in [2.75, 3.05) is 17.7 Å². The number of rotatable bonds is 5. The van der Waals surface area contributed by atoms with Gasteiger partial charge < -0.3 is 15.4 Å². The molecule has 1 heterocycles. The molecule has 0 saturated carbocycles. The first-order valence-corrected chi connectivity index (χ1v) is 7.48. The lowest BCUT2D eigenvalue weighted by atomic mass is 10.2. The van der Waals surface area contributed by atoms with Crippen LogP contribution in [0.5, 0.6) is 5.75 Å². The van der Waals surface area contributed by atoms with Gasteiger partial charge in [-0.2, -0.15) is 0 Å². The zero-order chi connectivity index (χ0) is 16.8. The highest BCUT2D eigenvalue weighted by Crippen LogP contribution is 2.21. The third-order valence-corrected chi connectivity index (χ3v) is 3.41. The smallest absolute Gasteiger partial charge is 0.256 e. The number of amides is 1. The Hall–Kier alpha value is -3.34. The fourth-order valence-corrected chi connectivity index (χ4v) is 2.20. The van der Waals surface area contributed by atoms with E-state index in [-0.39, 0.29) is 5.91 Å². The van der Waals surface area contributed by atoms with E-state index in [1.807, 2.05) is 42.5 Å². The van der Waals surface area contributed by atoms with Crippen molar-refractivity contribution in [1.29, 1.82) is 0 Å². The van der Waals surface area contributed by atoms with Crippen LogP contribution in [-0.4, -0.2) is 18.0 Å². The largest absolute Gasteiger partial charge is 0.497 e. The number of hydrogen-bond acceptors (Lipinski definition) is 4. The maximum absolute atomic E-state index is 12.3. The Morgan fingerprint density at radius 3 is 2.50 bits per heavy atom. The molecule has 1 amide bonds. The van der Waals surface area contributed by atoms with Crippen molar-refractivity contribution in [2.24, 2.45) is 0 Å². The number of pyridine rings is 1. The summed E-state index contributed by atoms with van der Waals surface area (Å²) < 4.78 is 5.14. The molecule has 120 valence electrons. The number of aromatic nitrogens is 1. The molecule has 0 aliphatic carbocycles. The third kappa shape index (κ3) is 3.89. The summed E-state index contributed by atoms with van der Waals surface area (Å²) in [5, 5.41) is 6.03. The molecule has 2 N–H and O–H groups in total. The van der Waals surface area contributed by atoms with Gasteiger partial charge in [0.05, 0.1) is 7.11 Å². The molecule has 3 aromatic rings. The van der Waals surface area contributed by atoms with Gasteiger partial charge in [-0.25, -0.2) is 4.98 Å². The summed E-state index contributed by atoms with van der Waals surface area (Å²) in [4.78, 5) is 16.4. The van der Waals surface area contributed by atoms with Crippen LogP contribution < -0.4 is 15.4 Å². The molecule has 1 aromatic heterocycles. The SMILES string of the molecule is COc1ccc(Nc2cccc(C(=O)Nc3ccccn3)c2)cc1. The average molecular weight is 319 g/mol. The highest BCUT2D eigenvalue weighted by Gasteiger charge is 2.07. The van der Waals surface area contributed by atoms with Crippen molar-refractivity contribution in [3.63, 3.8) is 0 Å². The first kappa shape index (κ1) is 15.6. The van der Waals surface area contributed by atoms with Crippen LogP contribution >= 0.6 is 0 Å². The van der Waals surface area contributed by atoms with Gasteiger partial charge in [0.15, 0.2) is 0 Å². The van der Waals surface area contributed by atoms with Crippen LogP contribution in [-0.2, 0) is 0 Å². The minimum atomic E-state index is -0.202. The van der Waals surface area contributed by atoms with Gasteiger partial charge in [-0.05, 0) is 54.6 Å². The number of carbonyl (C=O) groups is 1. The van der Waals surface area contributed by atoms with Gasteiger partial charge in [-0.1, -0.05) is 12.1 Å². The van der Waals surface area contributed by atoms with Crippen LogP contribution in [0.2, 0.25) is 0 Å². The Morgan fingerprint density at radius 2 is 1.79 bits per heavy atom. The molecule has 0 aliphatic rings. The minimum Gasteiger partial charge on any atom is -0.497 e. The van der Waals surface area contributed by atoms with Gasteiger partial charge in [0, 0.05) is 23.1 Å². The molecule has 2 aromatic carbocycles. The average Bonchev–Trinajstić information content (AvgIpc) is 2.63. The lowest BCUT2D eigenvalue weighted by Crippen LogP contribution is -2.12. The molecular weight excluding hydrogens is 302 g/mol. The monoisotopic (exact) mass is 319 g/mol. The zero-order valence-electron chi connectivity index (χ0n) is 13.2. The molecule has 0 unspecified atom stereocenters. The number of hydrogen-bond donors (Lipinski definition) is 2. The Labute approximate surface area is 140 Å². The van der Waals surface area contributed by atoms with E-state index in [0.29, 0.717) is 11.4 Å². The maximum Gasteiger partial charge on any atom is 0.256 e. The van der Waals surface area contributed by atoms with E-state index < -0.39 is 0 Å². The van der Waals surface area contributed by atoms with Crippen molar-refractivity contribution in [2.45, 2.75) is 0 Å². The Balaban J connectivity index is 1.72. The minimum absolute atomic E-state index is 0.202. The zero-order valence-corrected chi connectivity index (χ0v) is 13.2. The summed E-state index contributed by atoms with van der Waals surface area (Å²) >= 11 is 0. The summed E-state index contributed by atoms with van der Waals surface area (Å²) in [5.41, 5.74) is 2.30. The van der Waals surface area contributed by atoms with Gasteiger partial charge in [-0.3, -0.25) is 4.79 Å². The molecule has 3 rings (SSSR count). The summed E-state index contributed by atoms with van der Waals surface area (Å²) in [5.74, 6) is 1.12. The van der Waals surface area contributed by atoms with Crippen LogP contribution in [0.15, 0.2) is 72.9 Å². The van der Waals surface area contributed by atoms with Crippen LogP contribution in [0.25, 0.3) is 0 Å². The van der Waals surface area contributed by atoms with Crippen molar-refractivity contribution < 1.29 is 9.53 Å². The van der Waals surface area contributed by atoms with Gasteiger partial charge in [0.1, 0.15) is 11.6 Å². The summed E-state index contributed by atoms with van der Waals surface area (Å²) in [7, 11) is 1.63. The van der Waals surface area contributed by atoms with Crippen molar-refractivity contribution in [1.82, 2.24) is 4.98 Å². The van der Waals surface area contributed by atoms with Crippen molar-refractivity contribution >= 4 is 23.1 Å². The van der Waals surface area contributed by atoms with Crippen LogP contribution in [0, 0.1) is 0 Å². The van der Waals surface area contributed by atoms with E-state index in [1.54, 1.807) is 37.6 Å². The molecule has 0 radical (unpaired) electrons. The number of benzene rings is 2. The lowest BCUT2D eigenvalue weighted by Gasteiger charge is -2.09. The first-order valence-electron chi connectivity index (χ1n) is 7.48. The fourth-order valence-electron chi connectivity index (χ4n) is 2.20. The normalized spacial score (nSPS) is 10.0. The topological polar surface area (TPSA) is 63.2 Å². The second-order valence-corrected chi connectivity index (χ2v) is 5.10. The van der Waals surface area contributed by atoms with Crippen LogP contribution in [0.1, 0.15) is 10.4 Å². The van der Waals surface area contributed by atoms with E-state index in [4.69, 9.17) is 4.74 Å².